The molecule has 1 nitrogen and oxygen atoms in total. The summed E-state index contributed by atoms with van der Waals surface area (Å²) < 4.78 is 4.91. The van der Waals surface area contributed by atoms with Crippen LogP contribution in [0.4, 0.5) is 0 Å². The molecule has 0 amide bonds. The van der Waals surface area contributed by atoms with Crippen molar-refractivity contribution in [2.45, 2.75) is 39.6 Å². The van der Waals surface area contributed by atoms with Gasteiger partial charge in [0.2, 0.25) is 0 Å². The predicted molar refractivity (Wildman–Crippen MR) is 49.1 cm³/mol. The van der Waals surface area contributed by atoms with Gasteiger partial charge in [0.15, 0.2) is 0 Å². The first kappa shape index (κ1) is 10.5. The second-order valence-corrected chi connectivity index (χ2v) is 7.39. The molecule has 0 aliphatic heterocycles. The summed E-state index contributed by atoms with van der Waals surface area (Å²) in [7, 11) is -0.765. The molecular weight excluding hydrogens is 164 g/mol. The van der Waals surface area contributed by atoms with Crippen LogP contribution in [-0.2, 0) is 4.29 Å². The SMILES string of the molecule is C[SiH](C)C(OCl)C(C)(C)C. The topological polar surface area (TPSA) is 9.23 Å². The van der Waals surface area contributed by atoms with Gasteiger partial charge in [-0.15, -0.1) is 0 Å². The van der Waals surface area contributed by atoms with Gasteiger partial charge >= 0.3 is 0 Å². The van der Waals surface area contributed by atoms with Gasteiger partial charge in [0.25, 0.3) is 0 Å². The van der Waals surface area contributed by atoms with Crippen molar-refractivity contribution in [2.75, 3.05) is 0 Å². The summed E-state index contributed by atoms with van der Waals surface area (Å²) in [5.41, 5.74) is 0.469. The smallest absolute Gasteiger partial charge is 0.0706 e. The maximum atomic E-state index is 5.38. The normalized spacial score (nSPS) is 15.9. The Hall–Kier alpha value is 0.467. The van der Waals surface area contributed by atoms with E-state index in [1.807, 2.05) is 0 Å². The molecule has 0 aliphatic rings. The number of hydrogen-bond acceptors (Lipinski definition) is 1. The minimum Gasteiger partial charge on any atom is -0.279 e. The molecule has 0 saturated carbocycles. The molecule has 10 heavy (non-hydrogen) atoms. The molecule has 0 spiro atoms. The zero-order chi connectivity index (χ0) is 8.36. The molecule has 0 saturated heterocycles. The maximum absolute atomic E-state index is 5.38. The molecule has 0 fully saturated rings. The molecular formula is C7H17ClOSi. The summed E-state index contributed by atoms with van der Waals surface area (Å²) in [6.45, 7) is 11.0. The average molecular weight is 181 g/mol. The van der Waals surface area contributed by atoms with Crippen LogP contribution in [0.5, 0.6) is 0 Å². The van der Waals surface area contributed by atoms with Crippen molar-refractivity contribution in [2.24, 2.45) is 5.41 Å². The van der Waals surface area contributed by atoms with Crippen LogP contribution in [0, 0.1) is 5.41 Å². The highest BCUT2D eigenvalue weighted by Gasteiger charge is 2.28. The van der Waals surface area contributed by atoms with Crippen LogP contribution in [0.1, 0.15) is 20.8 Å². The fraction of sp³-hybridized carbons (Fsp3) is 1.00. The molecule has 0 rings (SSSR count). The van der Waals surface area contributed by atoms with Crippen molar-refractivity contribution in [1.82, 2.24) is 0 Å². The van der Waals surface area contributed by atoms with E-state index >= 15 is 0 Å². The van der Waals surface area contributed by atoms with Gasteiger partial charge in [-0.2, -0.15) is 0 Å². The van der Waals surface area contributed by atoms with Crippen molar-refractivity contribution in [3.8, 4) is 0 Å². The van der Waals surface area contributed by atoms with E-state index in [2.05, 4.69) is 33.9 Å². The molecule has 1 unspecified atom stereocenters. The predicted octanol–water partition coefficient (Wildman–Crippen LogP) is 2.60. The molecule has 0 N–H and O–H groups in total. The monoisotopic (exact) mass is 180 g/mol. The largest absolute Gasteiger partial charge is 0.279 e. The fourth-order valence-electron chi connectivity index (χ4n) is 1.24. The van der Waals surface area contributed by atoms with E-state index in [4.69, 9.17) is 16.2 Å². The van der Waals surface area contributed by atoms with E-state index in [-0.39, 0.29) is 11.1 Å². The lowest BCUT2D eigenvalue weighted by Gasteiger charge is -2.30. The van der Waals surface area contributed by atoms with E-state index < -0.39 is 8.80 Å². The highest BCUT2D eigenvalue weighted by Crippen LogP contribution is 2.25. The van der Waals surface area contributed by atoms with Gasteiger partial charge in [-0.05, 0) is 5.41 Å². The third-order valence-electron chi connectivity index (χ3n) is 1.56. The van der Waals surface area contributed by atoms with E-state index in [0.717, 1.165) is 0 Å². The Labute approximate surface area is 70.5 Å². The zero-order valence-corrected chi connectivity index (χ0v) is 9.35. The molecule has 0 aliphatic carbocycles. The lowest BCUT2D eigenvalue weighted by atomic mass is 9.98. The Morgan fingerprint density at radius 3 is 1.70 bits per heavy atom. The third kappa shape index (κ3) is 3.04. The molecule has 1 atom stereocenters. The second-order valence-electron chi connectivity index (χ2n) is 4.12. The van der Waals surface area contributed by atoms with Gasteiger partial charge in [0.1, 0.15) is 0 Å². The standard InChI is InChI=1S/C7H17ClOSi/c1-7(2,3)6(9-8)10(4)5/h6,10H,1-5H3. The molecule has 0 aromatic rings. The van der Waals surface area contributed by atoms with E-state index in [9.17, 15) is 0 Å². The number of hydrogen-bond donors (Lipinski definition) is 0. The van der Waals surface area contributed by atoms with Crippen molar-refractivity contribution in [3.63, 3.8) is 0 Å². The van der Waals surface area contributed by atoms with Gasteiger partial charge in [-0.25, -0.2) is 0 Å². The Bertz CT molecular complexity index is 98.3. The Morgan fingerprint density at radius 1 is 1.30 bits per heavy atom. The Kier molecular flexibility index (Phi) is 3.92. The van der Waals surface area contributed by atoms with Gasteiger partial charge in [-0.3, -0.25) is 4.29 Å². The molecule has 0 radical (unpaired) electrons. The molecule has 3 heteroatoms. The van der Waals surface area contributed by atoms with Crippen LogP contribution in [-0.4, -0.2) is 14.5 Å². The first-order chi connectivity index (χ1) is 4.39. The first-order valence-corrected chi connectivity index (χ1v) is 6.95. The molecule has 0 heterocycles. The van der Waals surface area contributed by atoms with E-state index in [0.29, 0.717) is 0 Å². The van der Waals surface area contributed by atoms with Crippen molar-refractivity contribution in [3.05, 3.63) is 0 Å². The van der Waals surface area contributed by atoms with Crippen LogP contribution in [0.15, 0.2) is 0 Å². The third-order valence-corrected chi connectivity index (χ3v) is 4.27. The summed E-state index contributed by atoms with van der Waals surface area (Å²) in [5.74, 6) is 0. The summed E-state index contributed by atoms with van der Waals surface area (Å²) in [4.78, 5) is 0. The molecule has 62 valence electrons. The van der Waals surface area contributed by atoms with Crippen LogP contribution in [0.2, 0.25) is 13.1 Å². The summed E-state index contributed by atoms with van der Waals surface area (Å²) in [6.07, 6.45) is 0. The van der Waals surface area contributed by atoms with Crippen LogP contribution in [0.3, 0.4) is 0 Å². The number of halogens is 1. The van der Waals surface area contributed by atoms with Gasteiger partial charge in [0, 0.05) is 0 Å². The summed E-state index contributed by atoms with van der Waals surface area (Å²) >= 11 is 5.38. The lowest BCUT2D eigenvalue weighted by Crippen LogP contribution is -2.37. The minimum atomic E-state index is -0.765. The van der Waals surface area contributed by atoms with Gasteiger partial charge in [-0.1, -0.05) is 33.9 Å². The van der Waals surface area contributed by atoms with Crippen molar-refractivity contribution >= 4 is 20.7 Å². The van der Waals surface area contributed by atoms with Gasteiger partial charge in [0.05, 0.1) is 26.4 Å². The van der Waals surface area contributed by atoms with Crippen LogP contribution < -0.4 is 0 Å². The van der Waals surface area contributed by atoms with Crippen molar-refractivity contribution in [1.29, 1.82) is 0 Å². The molecule has 0 aromatic carbocycles. The van der Waals surface area contributed by atoms with Crippen molar-refractivity contribution < 1.29 is 4.29 Å². The average Bonchev–Trinajstić information content (AvgIpc) is 1.60. The molecule has 0 bridgehead atoms. The van der Waals surface area contributed by atoms with E-state index in [1.54, 1.807) is 0 Å². The fourth-order valence-corrected chi connectivity index (χ4v) is 4.33. The summed E-state index contributed by atoms with van der Waals surface area (Å²) in [5, 5.41) is 0. The van der Waals surface area contributed by atoms with Crippen LogP contribution >= 0.6 is 11.9 Å². The van der Waals surface area contributed by atoms with Gasteiger partial charge < -0.3 is 0 Å². The highest BCUT2D eigenvalue weighted by atomic mass is 35.5. The summed E-state index contributed by atoms with van der Waals surface area (Å²) in [6, 6.07) is 0. The highest BCUT2D eigenvalue weighted by molar-refractivity contribution is 6.57. The maximum Gasteiger partial charge on any atom is 0.0706 e. The lowest BCUT2D eigenvalue weighted by molar-refractivity contribution is 0.166. The molecule has 0 aromatic heterocycles. The first-order valence-electron chi connectivity index (χ1n) is 3.67. The second kappa shape index (κ2) is 3.74. The zero-order valence-electron chi connectivity index (χ0n) is 7.44. The quantitative estimate of drug-likeness (QED) is 0.594. The Morgan fingerprint density at radius 2 is 1.70 bits per heavy atom. The number of rotatable bonds is 2. The Balaban J connectivity index is 4.07. The van der Waals surface area contributed by atoms with Crippen LogP contribution in [0.25, 0.3) is 0 Å². The minimum absolute atomic E-state index is 0.197. The van der Waals surface area contributed by atoms with E-state index in [1.165, 1.54) is 0 Å².